The molecule has 10 nitrogen and oxygen atoms in total. The monoisotopic (exact) mass is 468 g/mol. The van der Waals surface area contributed by atoms with Crippen molar-refractivity contribution in [1.29, 1.82) is 0 Å². The summed E-state index contributed by atoms with van der Waals surface area (Å²) in [7, 11) is -2.41. The van der Waals surface area contributed by atoms with Crippen molar-refractivity contribution in [2.75, 3.05) is 33.2 Å². The van der Waals surface area contributed by atoms with Crippen molar-refractivity contribution in [3.63, 3.8) is 0 Å². The number of sulfonamides is 1. The minimum atomic E-state index is -4.04. The summed E-state index contributed by atoms with van der Waals surface area (Å²) in [5.74, 6) is -1.36. The van der Waals surface area contributed by atoms with E-state index in [4.69, 9.17) is 0 Å². The van der Waals surface area contributed by atoms with Crippen LogP contribution in [0.4, 0.5) is 0 Å². The maximum atomic E-state index is 12.3. The van der Waals surface area contributed by atoms with Crippen LogP contribution in [0.2, 0.25) is 0 Å². The van der Waals surface area contributed by atoms with Crippen LogP contribution in [0.5, 0.6) is 0 Å². The highest BCUT2D eigenvalue weighted by Gasteiger charge is 2.26. The van der Waals surface area contributed by atoms with Gasteiger partial charge in [0.15, 0.2) is 0 Å². The fourth-order valence-electron chi connectivity index (χ4n) is 3.42. The highest BCUT2D eigenvalue weighted by Crippen LogP contribution is 2.18. The molecule has 1 saturated heterocycles. The lowest BCUT2D eigenvalue weighted by atomic mass is 9.93. The molecule has 1 heterocycles. The molecule has 1 fully saturated rings. The van der Waals surface area contributed by atoms with Gasteiger partial charge in [-0.2, -0.15) is 4.72 Å². The first-order valence-electron chi connectivity index (χ1n) is 10.7. The molecule has 0 aliphatic carbocycles. The van der Waals surface area contributed by atoms with E-state index in [9.17, 15) is 27.9 Å². The molecule has 1 atom stereocenters. The smallest absolute Gasteiger partial charge is 0.323 e. The first kappa shape index (κ1) is 25.8. The Morgan fingerprint density at radius 2 is 1.81 bits per heavy atom. The molecule has 0 radical (unpaired) electrons. The number of rotatable bonds is 12. The van der Waals surface area contributed by atoms with E-state index in [0.29, 0.717) is 12.3 Å². The lowest BCUT2D eigenvalue weighted by Gasteiger charge is -2.23. The maximum absolute atomic E-state index is 12.3. The molecule has 0 aromatic heterocycles. The van der Waals surface area contributed by atoms with Gasteiger partial charge in [0.05, 0.1) is 4.90 Å². The Morgan fingerprint density at radius 3 is 2.44 bits per heavy atom. The van der Waals surface area contributed by atoms with Gasteiger partial charge in [-0.1, -0.05) is 18.2 Å². The molecule has 178 valence electrons. The number of carboxylic acids is 1. The van der Waals surface area contributed by atoms with E-state index < -0.39 is 34.5 Å². The van der Waals surface area contributed by atoms with E-state index in [1.54, 1.807) is 13.1 Å². The van der Waals surface area contributed by atoms with Gasteiger partial charge in [-0.05, 0) is 50.4 Å². The first-order chi connectivity index (χ1) is 15.2. The molecule has 2 amide bonds. The normalized spacial score (nSPS) is 15.7. The van der Waals surface area contributed by atoms with Gasteiger partial charge in [-0.3, -0.25) is 14.4 Å². The maximum Gasteiger partial charge on any atom is 0.323 e. The number of nitrogens with one attached hydrogen (secondary N) is 3. The molecule has 0 bridgehead atoms. The molecule has 1 aliphatic rings. The Hall–Kier alpha value is -2.50. The average molecular weight is 469 g/mol. The van der Waals surface area contributed by atoms with Gasteiger partial charge in [0.2, 0.25) is 21.8 Å². The van der Waals surface area contributed by atoms with Crippen molar-refractivity contribution in [1.82, 2.24) is 20.3 Å². The predicted octanol–water partition coefficient (Wildman–Crippen LogP) is 0.163. The molecular weight excluding hydrogens is 436 g/mol. The van der Waals surface area contributed by atoms with Gasteiger partial charge in [0.25, 0.3) is 0 Å². The number of hydrogen-bond donors (Lipinski definition) is 4. The second-order valence-corrected chi connectivity index (χ2v) is 9.64. The molecule has 1 unspecified atom stereocenters. The number of piperidine rings is 1. The van der Waals surface area contributed by atoms with E-state index in [0.717, 1.165) is 32.4 Å². The topological polar surface area (TPSA) is 145 Å². The summed E-state index contributed by atoms with van der Waals surface area (Å²) >= 11 is 0. The van der Waals surface area contributed by atoms with Gasteiger partial charge in [-0.25, -0.2) is 8.42 Å². The highest BCUT2D eigenvalue weighted by molar-refractivity contribution is 7.89. The Balaban J connectivity index is 1.74. The van der Waals surface area contributed by atoms with Crippen LogP contribution < -0.4 is 15.4 Å². The molecule has 11 heteroatoms. The van der Waals surface area contributed by atoms with Crippen LogP contribution in [0.25, 0.3) is 0 Å². The summed E-state index contributed by atoms with van der Waals surface area (Å²) in [6.07, 6.45) is 3.40. The lowest BCUT2D eigenvalue weighted by molar-refractivity contribution is -0.139. The Morgan fingerprint density at radius 1 is 1.16 bits per heavy atom. The van der Waals surface area contributed by atoms with Crippen LogP contribution in [0, 0.1) is 5.92 Å². The van der Waals surface area contributed by atoms with Crippen molar-refractivity contribution in [3.05, 3.63) is 30.3 Å². The zero-order valence-corrected chi connectivity index (χ0v) is 19.1. The standard InChI is InChI=1S/C21H32N4O6S/c1-25(20(27)8-7-16-9-12-22-13-10-16)14-11-19(26)23-15-18(21(28)29)24-32(30,31)17-5-3-2-4-6-17/h2-6,16,18,22,24H,7-15H2,1H3,(H,23,26)(H,28,29). The van der Waals surface area contributed by atoms with E-state index in [-0.39, 0.29) is 23.8 Å². The number of hydrogen-bond acceptors (Lipinski definition) is 6. The first-order valence-corrected chi connectivity index (χ1v) is 12.2. The third kappa shape index (κ3) is 8.56. The fourth-order valence-corrected chi connectivity index (χ4v) is 4.63. The van der Waals surface area contributed by atoms with E-state index in [1.165, 1.54) is 29.2 Å². The summed E-state index contributed by atoms with van der Waals surface area (Å²) in [4.78, 5) is 37.3. The van der Waals surface area contributed by atoms with Crippen molar-refractivity contribution in [3.8, 4) is 0 Å². The van der Waals surface area contributed by atoms with E-state index >= 15 is 0 Å². The highest BCUT2D eigenvalue weighted by atomic mass is 32.2. The SMILES string of the molecule is CN(CCC(=O)NCC(NS(=O)(=O)c1ccccc1)C(=O)O)C(=O)CCC1CCNCC1. The Kier molecular flexibility index (Phi) is 10.1. The molecule has 0 spiro atoms. The van der Waals surface area contributed by atoms with Crippen LogP contribution in [0.1, 0.15) is 32.1 Å². The van der Waals surface area contributed by atoms with E-state index in [2.05, 4.69) is 15.4 Å². The average Bonchev–Trinajstić information content (AvgIpc) is 2.79. The summed E-state index contributed by atoms with van der Waals surface area (Å²) in [5, 5.41) is 15.0. The molecule has 1 aromatic carbocycles. The molecule has 1 aromatic rings. The minimum Gasteiger partial charge on any atom is -0.480 e. The van der Waals surface area contributed by atoms with Crippen molar-refractivity contribution in [2.24, 2.45) is 5.92 Å². The van der Waals surface area contributed by atoms with Crippen LogP contribution in [0.3, 0.4) is 0 Å². The number of carboxylic acid groups (broad SMARTS) is 1. The molecule has 1 aliphatic heterocycles. The van der Waals surface area contributed by atoms with Crippen molar-refractivity contribution in [2.45, 2.75) is 43.0 Å². The Bertz CT molecular complexity index is 872. The van der Waals surface area contributed by atoms with Gasteiger partial charge >= 0.3 is 5.97 Å². The van der Waals surface area contributed by atoms with Gasteiger partial charge in [0.1, 0.15) is 6.04 Å². The van der Waals surface area contributed by atoms with Crippen molar-refractivity contribution < 1.29 is 27.9 Å². The third-order valence-electron chi connectivity index (χ3n) is 5.48. The van der Waals surface area contributed by atoms with Gasteiger partial charge < -0.3 is 20.6 Å². The number of nitrogens with zero attached hydrogens (tertiary/aromatic N) is 1. The number of amides is 2. The van der Waals surface area contributed by atoms with Gasteiger partial charge in [-0.15, -0.1) is 0 Å². The molecule has 0 saturated carbocycles. The number of benzene rings is 1. The quantitative estimate of drug-likeness (QED) is 0.342. The summed E-state index contributed by atoms with van der Waals surface area (Å²) in [5.41, 5.74) is 0. The van der Waals surface area contributed by atoms with Crippen LogP contribution in [-0.4, -0.2) is 75.5 Å². The number of carbonyl (C=O) groups is 3. The lowest BCUT2D eigenvalue weighted by Crippen LogP contribution is -2.48. The number of carbonyl (C=O) groups excluding carboxylic acids is 2. The number of aliphatic carboxylic acids is 1. The predicted molar refractivity (Wildman–Crippen MR) is 118 cm³/mol. The molecule has 2 rings (SSSR count). The van der Waals surface area contributed by atoms with Crippen LogP contribution in [0.15, 0.2) is 35.2 Å². The third-order valence-corrected chi connectivity index (χ3v) is 6.97. The van der Waals surface area contributed by atoms with Crippen LogP contribution >= 0.6 is 0 Å². The van der Waals surface area contributed by atoms with Crippen LogP contribution in [-0.2, 0) is 24.4 Å². The molecule has 4 N–H and O–H groups in total. The van der Waals surface area contributed by atoms with E-state index in [1.807, 2.05) is 0 Å². The molecular formula is C21H32N4O6S. The summed E-state index contributed by atoms with van der Waals surface area (Å²) < 4.78 is 26.7. The second-order valence-electron chi connectivity index (χ2n) is 7.93. The zero-order chi connectivity index (χ0) is 23.6. The Labute approximate surface area is 188 Å². The minimum absolute atomic E-state index is 0.00658. The van der Waals surface area contributed by atoms with Crippen molar-refractivity contribution >= 4 is 27.8 Å². The second kappa shape index (κ2) is 12.5. The summed E-state index contributed by atoms with van der Waals surface area (Å²) in [6.45, 7) is 1.75. The van der Waals surface area contributed by atoms with Gasteiger partial charge in [0, 0.05) is 33.0 Å². The zero-order valence-electron chi connectivity index (χ0n) is 18.2. The molecule has 32 heavy (non-hydrogen) atoms. The summed E-state index contributed by atoms with van der Waals surface area (Å²) in [6, 6.07) is 5.86. The fraction of sp³-hybridized carbons (Fsp3) is 0.571. The largest absolute Gasteiger partial charge is 0.480 e.